The molecule has 0 bridgehead atoms. The Morgan fingerprint density at radius 2 is 2.29 bits per heavy atom. The van der Waals surface area contributed by atoms with Gasteiger partial charge in [0.2, 0.25) is 0 Å². The molecule has 0 aliphatic heterocycles. The van der Waals surface area contributed by atoms with Crippen LogP contribution in [0.5, 0.6) is 0 Å². The number of hydrogen-bond acceptors (Lipinski definition) is 6. The molecule has 0 saturated carbocycles. The van der Waals surface area contributed by atoms with Crippen LogP contribution in [0.3, 0.4) is 0 Å². The molecule has 2 aromatic heterocycles. The maximum atomic E-state index is 12.4. The number of carbonyl (C=O) groups excluding carboxylic acids is 1. The molecule has 1 amide bonds. The molecule has 0 atom stereocenters. The first kappa shape index (κ1) is 15.2. The second-order valence-corrected chi connectivity index (χ2v) is 5.03. The molecule has 112 valence electrons. The van der Waals surface area contributed by atoms with Crippen molar-refractivity contribution in [2.45, 2.75) is 6.54 Å². The quantitative estimate of drug-likeness (QED) is 0.579. The summed E-state index contributed by atoms with van der Waals surface area (Å²) in [5, 5.41) is 14.5. The number of rotatable bonds is 7. The first-order valence-corrected chi connectivity index (χ1v) is 7.09. The van der Waals surface area contributed by atoms with Crippen molar-refractivity contribution in [1.82, 2.24) is 4.90 Å². The minimum Gasteiger partial charge on any atom is -0.395 e. The average molecular weight is 310 g/mol. The smallest absolute Gasteiger partial charge is 0.395 e. The Balaban J connectivity index is 2.13. The van der Waals surface area contributed by atoms with Crippen molar-refractivity contribution in [1.29, 1.82) is 0 Å². The molecule has 2 aromatic rings. The Labute approximate surface area is 124 Å². The van der Waals surface area contributed by atoms with Crippen LogP contribution in [-0.4, -0.2) is 36.0 Å². The number of nitrogens with zero attached hydrogens (tertiary/aromatic N) is 2. The lowest BCUT2D eigenvalue weighted by Gasteiger charge is -2.20. The van der Waals surface area contributed by atoms with Crippen molar-refractivity contribution < 1.29 is 18.9 Å². The molecule has 2 heterocycles. The predicted molar refractivity (Wildman–Crippen MR) is 76.3 cm³/mol. The zero-order valence-electron chi connectivity index (χ0n) is 11.4. The van der Waals surface area contributed by atoms with Crippen molar-refractivity contribution >= 4 is 23.1 Å². The highest BCUT2D eigenvalue weighted by molar-refractivity contribution is 7.07. The number of ether oxygens (including phenoxy) is 1. The largest absolute Gasteiger partial charge is 0.433 e. The fraction of sp³-hybridized carbons (Fsp3) is 0.308. The van der Waals surface area contributed by atoms with E-state index < -0.39 is 16.7 Å². The standard InChI is InChI=1S/C13H14N2O5S/c1-19-6-5-14(8-10-4-7-21-9-10)13(16)11-2-3-12(20-11)15(17)18/h2-4,7,9H,5-6,8H2,1H3. The third-order valence-corrected chi connectivity index (χ3v) is 3.52. The first-order valence-electron chi connectivity index (χ1n) is 6.15. The summed E-state index contributed by atoms with van der Waals surface area (Å²) in [5.74, 6) is -0.889. The van der Waals surface area contributed by atoms with Crippen LogP contribution in [-0.2, 0) is 11.3 Å². The van der Waals surface area contributed by atoms with E-state index in [0.29, 0.717) is 19.7 Å². The molecule has 0 N–H and O–H groups in total. The Morgan fingerprint density at radius 3 is 2.86 bits per heavy atom. The van der Waals surface area contributed by atoms with Gasteiger partial charge in [0.15, 0.2) is 5.76 Å². The molecule has 0 radical (unpaired) electrons. The number of amides is 1. The van der Waals surface area contributed by atoms with Gasteiger partial charge in [-0.1, -0.05) is 0 Å². The number of thiophene rings is 1. The molecule has 0 aliphatic rings. The molecule has 0 aromatic carbocycles. The molecule has 0 saturated heterocycles. The monoisotopic (exact) mass is 310 g/mol. The van der Waals surface area contributed by atoms with Crippen LogP contribution >= 0.6 is 11.3 Å². The molecule has 7 nitrogen and oxygen atoms in total. The van der Waals surface area contributed by atoms with E-state index in [9.17, 15) is 14.9 Å². The van der Waals surface area contributed by atoms with Gasteiger partial charge in [0.1, 0.15) is 4.92 Å². The van der Waals surface area contributed by atoms with E-state index in [1.807, 2.05) is 16.8 Å². The highest BCUT2D eigenvalue weighted by Crippen LogP contribution is 2.18. The minimum atomic E-state index is -0.671. The SMILES string of the molecule is COCCN(Cc1ccsc1)C(=O)c1ccc([N+](=O)[O-])o1. The summed E-state index contributed by atoms with van der Waals surface area (Å²) in [6.07, 6.45) is 0. The van der Waals surface area contributed by atoms with E-state index in [2.05, 4.69) is 0 Å². The van der Waals surface area contributed by atoms with Crippen LogP contribution in [0.25, 0.3) is 0 Å². The minimum absolute atomic E-state index is 0.0481. The number of methoxy groups -OCH3 is 1. The van der Waals surface area contributed by atoms with Gasteiger partial charge in [0.25, 0.3) is 5.91 Å². The summed E-state index contributed by atoms with van der Waals surface area (Å²) < 4.78 is 9.95. The lowest BCUT2D eigenvalue weighted by Crippen LogP contribution is -2.33. The summed E-state index contributed by atoms with van der Waals surface area (Å²) >= 11 is 1.54. The normalized spacial score (nSPS) is 10.5. The van der Waals surface area contributed by atoms with Gasteiger partial charge >= 0.3 is 5.88 Å². The second kappa shape index (κ2) is 7.00. The molecule has 0 unspecified atom stereocenters. The van der Waals surface area contributed by atoms with Gasteiger partial charge < -0.3 is 14.1 Å². The van der Waals surface area contributed by atoms with E-state index in [1.165, 1.54) is 28.4 Å². The van der Waals surface area contributed by atoms with Crippen molar-refractivity contribution in [2.75, 3.05) is 20.3 Å². The lowest BCUT2D eigenvalue weighted by atomic mass is 10.3. The van der Waals surface area contributed by atoms with Crippen molar-refractivity contribution in [3.63, 3.8) is 0 Å². The van der Waals surface area contributed by atoms with E-state index in [1.54, 1.807) is 7.11 Å². The molecular weight excluding hydrogens is 296 g/mol. The van der Waals surface area contributed by atoms with Gasteiger partial charge in [-0.25, -0.2) is 0 Å². The van der Waals surface area contributed by atoms with Crippen LogP contribution < -0.4 is 0 Å². The molecule has 0 aliphatic carbocycles. The second-order valence-electron chi connectivity index (χ2n) is 4.25. The van der Waals surface area contributed by atoms with Gasteiger partial charge in [-0.05, 0) is 28.5 Å². The Hall–Kier alpha value is -2.19. The number of furan rings is 1. The van der Waals surface area contributed by atoms with E-state index in [4.69, 9.17) is 9.15 Å². The number of carbonyl (C=O) groups is 1. The molecule has 8 heteroatoms. The van der Waals surface area contributed by atoms with Gasteiger partial charge in [0.05, 0.1) is 12.7 Å². The fourth-order valence-corrected chi connectivity index (χ4v) is 2.41. The predicted octanol–water partition coefficient (Wildman–Crippen LogP) is 2.54. The van der Waals surface area contributed by atoms with Gasteiger partial charge in [-0.3, -0.25) is 14.9 Å². The zero-order chi connectivity index (χ0) is 15.2. The summed E-state index contributed by atoms with van der Waals surface area (Å²) in [5.41, 5.74) is 0.991. The fourth-order valence-electron chi connectivity index (χ4n) is 1.75. The van der Waals surface area contributed by atoms with Crippen LogP contribution in [0.4, 0.5) is 5.88 Å². The van der Waals surface area contributed by atoms with Crippen LogP contribution in [0.2, 0.25) is 0 Å². The maximum Gasteiger partial charge on any atom is 0.433 e. The summed E-state index contributed by atoms with van der Waals surface area (Å²) in [4.78, 5) is 23.8. The Kier molecular flexibility index (Phi) is 5.07. The maximum absolute atomic E-state index is 12.4. The summed E-state index contributed by atoms with van der Waals surface area (Å²) in [6.45, 7) is 1.15. The van der Waals surface area contributed by atoms with E-state index in [0.717, 1.165) is 5.56 Å². The summed E-state index contributed by atoms with van der Waals surface area (Å²) in [6, 6.07) is 4.41. The molecule has 0 fully saturated rings. The zero-order valence-corrected chi connectivity index (χ0v) is 12.2. The summed E-state index contributed by atoms with van der Waals surface area (Å²) in [7, 11) is 1.55. The molecule has 2 rings (SSSR count). The molecule has 21 heavy (non-hydrogen) atoms. The highest BCUT2D eigenvalue weighted by atomic mass is 32.1. The lowest BCUT2D eigenvalue weighted by molar-refractivity contribution is -0.402. The van der Waals surface area contributed by atoms with Crippen LogP contribution in [0.15, 0.2) is 33.4 Å². The third kappa shape index (κ3) is 3.89. The van der Waals surface area contributed by atoms with Crippen LogP contribution in [0, 0.1) is 10.1 Å². The number of hydrogen-bond donors (Lipinski definition) is 0. The van der Waals surface area contributed by atoms with E-state index >= 15 is 0 Å². The van der Waals surface area contributed by atoms with Crippen molar-refractivity contribution in [3.05, 3.63) is 50.4 Å². The van der Waals surface area contributed by atoms with Crippen LogP contribution in [0.1, 0.15) is 16.1 Å². The Bertz CT molecular complexity index is 608. The molecular formula is C13H14N2O5S. The van der Waals surface area contributed by atoms with Crippen molar-refractivity contribution in [2.24, 2.45) is 0 Å². The first-order chi connectivity index (χ1) is 10.1. The van der Waals surface area contributed by atoms with Gasteiger partial charge in [0, 0.05) is 20.2 Å². The van der Waals surface area contributed by atoms with Gasteiger partial charge in [-0.15, -0.1) is 0 Å². The van der Waals surface area contributed by atoms with Gasteiger partial charge in [-0.2, -0.15) is 11.3 Å². The third-order valence-electron chi connectivity index (χ3n) is 2.79. The Morgan fingerprint density at radius 1 is 1.48 bits per heavy atom. The molecule has 0 spiro atoms. The van der Waals surface area contributed by atoms with E-state index in [-0.39, 0.29) is 5.76 Å². The highest BCUT2D eigenvalue weighted by Gasteiger charge is 2.22. The number of nitro groups is 1. The topological polar surface area (TPSA) is 85.8 Å². The average Bonchev–Trinajstić information content (AvgIpc) is 3.13. The van der Waals surface area contributed by atoms with Crippen molar-refractivity contribution in [3.8, 4) is 0 Å².